The quantitative estimate of drug-likeness (QED) is 0.104. The minimum atomic E-state index is -0.644. The van der Waals surface area contributed by atoms with Crippen molar-refractivity contribution < 1.29 is 47.1 Å². The average molecular weight is 840 g/mol. The van der Waals surface area contributed by atoms with Crippen LogP contribution in [0.3, 0.4) is 0 Å². The van der Waals surface area contributed by atoms with Crippen LogP contribution in [0, 0.1) is 12.7 Å². The van der Waals surface area contributed by atoms with Crippen molar-refractivity contribution in [1.82, 2.24) is 24.6 Å². The largest absolute Gasteiger partial charge is 0.486 e. The number of hydrogen-bond donors (Lipinski definition) is 0. The van der Waals surface area contributed by atoms with E-state index in [0.29, 0.717) is 70.5 Å². The van der Waals surface area contributed by atoms with E-state index in [-0.39, 0.29) is 49.2 Å². The van der Waals surface area contributed by atoms with E-state index in [1.165, 1.54) is 7.11 Å². The van der Waals surface area contributed by atoms with Crippen molar-refractivity contribution in [3.05, 3.63) is 70.7 Å². The van der Waals surface area contributed by atoms with Gasteiger partial charge >= 0.3 is 18.1 Å². The lowest BCUT2D eigenvalue weighted by Gasteiger charge is -2.25. The lowest BCUT2D eigenvalue weighted by atomic mass is 9.88. The van der Waals surface area contributed by atoms with Crippen LogP contribution in [0.25, 0.3) is 32.9 Å². The first-order valence-corrected chi connectivity index (χ1v) is 21.1. The molecular weight excluding hydrogens is 786 g/mol. The maximum Gasteiger partial charge on any atom is 0.410 e. The molecule has 3 aliphatic rings. The molecule has 324 valence electrons. The topological polar surface area (TPSA) is 146 Å². The summed E-state index contributed by atoms with van der Waals surface area (Å²) in [7, 11) is 2.94. The Morgan fingerprint density at radius 3 is 2.46 bits per heavy atom. The normalized spacial score (nSPS) is 18.7. The summed E-state index contributed by atoms with van der Waals surface area (Å²) >= 11 is 0. The molecule has 2 aliphatic heterocycles. The van der Waals surface area contributed by atoms with Crippen molar-refractivity contribution in [1.29, 1.82) is 0 Å². The zero-order valence-corrected chi connectivity index (χ0v) is 35.9. The summed E-state index contributed by atoms with van der Waals surface area (Å²) < 4.78 is 60.3. The summed E-state index contributed by atoms with van der Waals surface area (Å²) in [5.41, 5.74) is 4.29. The van der Waals surface area contributed by atoms with E-state index < -0.39 is 23.8 Å². The highest BCUT2D eigenvalue weighted by Crippen LogP contribution is 2.53. The number of hydrogen-bond acceptors (Lipinski definition) is 12. The SMILES string of the molecule is COC(=O)c1ccc(COc2c(-c3c(C)c(F)cc4c3cnn4C3CCCCO3)c(C3CC3)cc3c(O[C@@H]4CCN(C(=O)OC(C)(C)C)C4)nc(OC[C@H](C)OC)nc23)cc1. The van der Waals surface area contributed by atoms with Crippen LogP contribution in [0.15, 0.2) is 42.6 Å². The molecule has 1 amide bonds. The number of likely N-dealkylation sites (tertiary alicyclic amines) is 1. The number of ether oxygens (including phenoxy) is 7. The van der Waals surface area contributed by atoms with Crippen molar-refractivity contribution in [3.63, 3.8) is 0 Å². The van der Waals surface area contributed by atoms with Crippen molar-refractivity contribution in [2.75, 3.05) is 40.5 Å². The Kier molecular flexibility index (Phi) is 12.1. The zero-order valence-electron chi connectivity index (χ0n) is 35.9. The highest BCUT2D eigenvalue weighted by molar-refractivity contribution is 6.05. The van der Waals surface area contributed by atoms with Crippen LogP contribution in [0.4, 0.5) is 9.18 Å². The number of carbonyl (C=O) groups excluding carboxylic acids is 2. The summed E-state index contributed by atoms with van der Waals surface area (Å²) in [6.07, 6.45) is 5.50. The summed E-state index contributed by atoms with van der Waals surface area (Å²) in [5, 5.41) is 6.14. The zero-order chi connectivity index (χ0) is 43.0. The second-order valence-corrected chi connectivity index (χ2v) is 17.1. The monoisotopic (exact) mass is 839 g/mol. The number of aromatic nitrogens is 4. The van der Waals surface area contributed by atoms with Crippen LogP contribution in [0.1, 0.15) is 105 Å². The fourth-order valence-corrected chi connectivity index (χ4v) is 7.95. The van der Waals surface area contributed by atoms with Crippen LogP contribution in [-0.2, 0) is 25.6 Å². The Labute approximate surface area is 354 Å². The minimum Gasteiger partial charge on any atom is -0.486 e. The molecule has 5 aromatic rings. The highest BCUT2D eigenvalue weighted by Gasteiger charge is 2.36. The molecule has 3 atom stereocenters. The second kappa shape index (κ2) is 17.4. The van der Waals surface area contributed by atoms with Gasteiger partial charge in [0.15, 0.2) is 12.0 Å². The van der Waals surface area contributed by atoms with Crippen LogP contribution >= 0.6 is 0 Å². The molecule has 0 spiro atoms. The maximum atomic E-state index is 16.5. The van der Waals surface area contributed by atoms with Crippen molar-refractivity contribution >= 4 is 33.9 Å². The number of rotatable bonds is 13. The highest BCUT2D eigenvalue weighted by atomic mass is 19.1. The number of nitrogens with zero attached hydrogens (tertiary/aromatic N) is 5. The number of benzene rings is 3. The van der Waals surface area contributed by atoms with Gasteiger partial charge in [-0.3, -0.25) is 0 Å². The fraction of sp³-hybridized carbons (Fsp3) is 0.500. The molecule has 1 unspecified atom stereocenters. The first-order valence-electron chi connectivity index (χ1n) is 21.1. The molecule has 61 heavy (non-hydrogen) atoms. The van der Waals surface area contributed by atoms with Gasteiger partial charge in [-0.1, -0.05) is 12.1 Å². The summed E-state index contributed by atoms with van der Waals surface area (Å²) in [6.45, 7) is 10.8. The van der Waals surface area contributed by atoms with Gasteiger partial charge < -0.3 is 38.1 Å². The molecular formula is C46H54FN5O9. The van der Waals surface area contributed by atoms with Gasteiger partial charge in [-0.15, -0.1) is 0 Å². The van der Waals surface area contributed by atoms with E-state index in [9.17, 15) is 9.59 Å². The third kappa shape index (κ3) is 9.08. The number of carbonyl (C=O) groups is 2. The summed E-state index contributed by atoms with van der Waals surface area (Å²) in [5.74, 6) is -0.0296. The van der Waals surface area contributed by atoms with Crippen molar-refractivity contribution in [2.45, 2.75) is 110 Å². The molecule has 3 aromatic carbocycles. The number of esters is 1. The molecule has 1 saturated carbocycles. The van der Waals surface area contributed by atoms with Crippen LogP contribution in [0.5, 0.6) is 17.6 Å². The predicted octanol–water partition coefficient (Wildman–Crippen LogP) is 8.84. The standard InChI is InChI=1S/C46H54FN5O9/c1-26(55-6)24-59-44-49-40-33(42(50-44)60-31-17-18-51(23-31)45(54)61-46(3,4)5)20-32(29-15-16-29)39(41(40)58-25-28-11-13-30(14-12-28)43(53)56-7)38-27(2)35(47)21-36-34(38)22-48-52(36)37-10-8-9-19-57-37/h11-14,20-22,26,29,31,37H,8-10,15-19,23-25H2,1-7H3/t26-,31+,37?/m0/s1. The van der Waals surface area contributed by atoms with Gasteiger partial charge in [0.2, 0.25) is 5.88 Å². The van der Waals surface area contributed by atoms with Gasteiger partial charge in [0.05, 0.1) is 42.4 Å². The predicted molar refractivity (Wildman–Crippen MR) is 225 cm³/mol. The molecule has 15 heteroatoms. The number of methoxy groups -OCH3 is 2. The van der Waals surface area contributed by atoms with E-state index in [2.05, 4.69) is 0 Å². The van der Waals surface area contributed by atoms with Gasteiger partial charge in [0.25, 0.3) is 0 Å². The molecule has 14 nitrogen and oxygen atoms in total. The summed E-state index contributed by atoms with van der Waals surface area (Å²) in [4.78, 5) is 36.8. The molecule has 8 rings (SSSR count). The number of amides is 1. The van der Waals surface area contributed by atoms with Crippen LogP contribution in [0.2, 0.25) is 0 Å². The third-order valence-corrected chi connectivity index (χ3v) is 11.4. The molecule has 4 heterocycles. The molecule has 0 radical (unpaired) electrons. The van der Waals surface area contributed by atoms with Gasteiger partial charge in [-0.25, -0.2) is 18.7 Å². The Morgan fingerprint density at radius 1 is 0.984 bits per heavy atom. The smallest absolute Gasteiger partial charge is 0.410 e. The maximum absolute atomic E-state index is 16.5. The van der Waals surface area contributed by atoms with E-state index in [4.69, 9.17) is 48.2 Å². The Hall–Kier alpha value is -5.54. The Bertz CT molecular complexity index is 2420. The van der Waals surface area contributed by atoms with Crippen LogP contribution < -0.4 is 14.2 Å². The Morgan fingerprint density at radius 2 is 1.77 bits per heavy atom. The van der Waals surface area contributed by atoms with Gasteiger partial charge in [0.1, 0.15) is 36.3 Å². The van der Waals surface area contributed by atoms with Gasteiger partial charge in [-0.05, 0) is 108 Å². The third-order valence-electron chi connectivity index (χ3n) is 11.4. The first kappa shape index (κ1) is 42.2. The molecule has 0 N–H and O–H groups in total. The van der Waals surface area contributed by atoms with E-state index >= 15 is 4.39 Å². The molecule has 1 aliphatic carbocycles. The first-order chi connectivity index (χ1) is 29.3. The lowest BCUT2D eigenvalue weighted by molar-refractivity contribution is -0.0366. The minimum absolute atomic E-state index is 0.0363. The molecule has 3 fully saturated rings. The number of halogens is 1. The van der Waals surface area contributed by atoms with E-state index in [1.807, 2.05) is 33.8 Å². The van der Waals surface area contributed by atoms with Crippen LogP contribution in [-0.4, -0.2) is 95.0 Å². The molecule has 2 aromatic heterocycles. The molecule has 2 saturated heterocycles. The average Bonchev–Trinajstić information content (AvgIpc) is 3.85. The number of fused-ring (bicyclic) bond motifs is 2. The lowest BCUT2D eigenvalue weighted by Crippen LogP contribution is -2.36. The van der Waals surface area contributed by atoms with Crippen molar-refractivity contribution in [3.8, 4) is 28.8 Å². The second-order valence-electron chi connectivity index (χ2n) is 17.1. The van der Waals surface area contributed by atoms with E-state index in [1.54, 1.807) is 60.1 Å². The van der Waals surface area contributed by atoms with Gasteiger partial charge in [-0.2, -0.15) is 15.1 Å². The summed E-state index contributed by atoms with van der Waals surface area (Å²) in [6, 6.07) is 10.6. The van der Waals surface area contributed by atoms with Gasteiger partial charge in [0, 0.05) is 49.3 Å². The fourth-order valence-electron chi connectivity index (χ4n) is 7.95. The molecule has 0 bridgehead atoms. The van der Waals surface area contributed by atoms with Crippen molar-refractivity contribution in [2.24, 2.45) is 0 Å². The van der Waals surface area contributed by atoms with E-state index in [0.717, 1.165) is 48.6 Å². The Balaban J connectivity index is 1.31.